The normalized spacial score (nSPS) is 30.6. The van der Waals surface area contributed by atoms with E-state index in [0.717, 1.165) is 12.8 Å². The minimum atomic E-state index is -0.587. The van der Waals surface area contributed by atoms with Crippen LogP contribution in [0.4, 0.5) is 0 Å². The Bertz CT molecular complexity index is 542. The van der Waals surface area contributed by atoms with Gasteiger partial charge in [-0.25, -0.2) is 0 Å². The summed E-state index contributed by atoms with van der Waals surface area (Å²) < 4.78 is 29.6. The van der Waals surface area contributed by atoms with Gasteiger partial charge in [-0.3, -0.25) is 0 Å². The predicted molar refractivity (Wildman–Crippen MR) is 94.1 cm³/mol. The minimum Gasteiger partial charge on any atom is -0.377 e. The average Bonchev–Trinajstić information content (AvgIpc) is 3.06. The van der Waals surface area contributed by atoms with Crippen LogP contribution in [0.15, 0.2) is 30.3 Å². The summed E-state index contributed by atoms with van der Waals surface area (Å²) in [6.07, 6.45) is 1.60. The summed E-state index contributed by atoms with van der Waals surface area (Å²) in [6.45, 7) is 9.65. The average molecular weight is 350 g/mol. The van der Waals surface area contributed by atoms with Crippen LogP contribution in [-0.2, 0) is 30.3 Å². The van der Waals surface area contributed by atoms with E-state index in [1.807, 2.05) is 45.9 Å². The van der Waals surface area contributed by atoms with Crippen LogP contribution in [0.1, 0.15) is 46.1 Å². The van der Waals surface area contributed by atoms with Gasteiger partial charge in [0, 0.05) is 6.61 Å². The first kappa shape index (κ1) is 18.8. The van der Waals surface area contributed by atoms with E-state index in [2.05, 4.69) is 12.1 Å². The zero-order valence-electron chi connectivity index (χ0n) is 15.7. The molecule has 3 rings (SSSR count). The standard InChI is InChI=1S/C20H30O5/c1-19(2)22-14-17(24-19)18-16(23-20(3,4)25-18)11-8-12-21-13-15-9-6-5-7-10-15/h5-7,9-10,16-18H,8,11-14H2,1-4H3/t16-,17-,18+/m1/s1. The molecule has 0 saturated carbocycles. The molecule has 1 aromatic carbocycles. The fourth-order valence-electron chi connectivity index (χ4n) is 3.43. The van der Waals surface area contributed by atoms with E-state index in [1.165, 1.54) is 5.56 Å². The van der Waals surface area contributed by atoms with Crippen molar-refractivity contribution in [2.45, 2.75) is 77.0 Å². The first-order valence-electron chi connectivity index (χ1n) is 9.14. The predicted octanol–water partition coefficient (Wildman–Crippen LogP) is 3.66. The van der Waals surface area contributed by atoms with Gasteiger partial charge in [-0.05, 0) is 46.1 Å². The van der Waals surface area contributed by atoms with Gasteiger partial charge in [-0.1, -0.05) is 30.3 Å². The topological polar surface area (TPSA) is 46.2 Å². The molecular weight excluding hydrogens is 320 g/mol. The Kier molecular flexibility index (Phi) is 5.81. The molecule has 0 aromatic heterocycles. The van der Waals surface area contributed by atoms with Crippen molar-refractivity contribution in [3.63, 3.8) is 0 Å². The molecule has 2 aliphatic rings. The van der Waals surface area contributed by atoms with Crippen molar-refractivity contribution in [2.24, 2.45) is 0 Å². The Hall–Kier alpha value is -0.980. The summed E-state index contributed by atoms with van der Waals surface area (Å²) in [7, 11) is 0. The Balaban J connectivity index is 1.45. The highest BCUT2D eigenvalue weighted by atomic mass is 16.8. The second-order valence-electron chi connectivity index (χ2n) is 7.69. The van der Waals surface area contributed by atoms with Crippen molar-refractivity contribution in [2.75, 3.05) is 13.2 Å². The van der Waals surface area contributed by atoms with E-state index in [-0.39, 0.29) is 18.3 Å². The van der Waals surface area contributed by atoms with Crippen molar-refractivity contribution >= 4 is 0 Å². The van der Waals surface area contributed by atoms with Gasteiger partial charge in [0.25, 0.3) is 0 Å². The summed E-state index contributed by atoms with van der Waals surface area (Å²) >= 11 is 0. The molecule has 25 heavy (non-hydrogen) atoms. The summed E-state index contributed by atoms with van der Waals surface area (Å²) in [5.41, 5.74) is 1.20. The lowest BCUT2D eigenvalue weighted by Gasteiger charge is -2.23. The molecule has 3 atom stereocenters. The molecule has 2 fully saturated rings. The molecule has 0 unspecified atom stereocenters. The van der Waals surface area contributed by atoms with Crippen molar-refractivity contribution in [3.8, 4) is 0 Å². The van der Waals surface area contributed by atoms with Gasteiger partial charge in [-0.2, -0.15) is 0 Å². The molecule has 5 heteroatoms. The maximum Gasteiger partial charge on any atom is 0.163 e. The summed E-state index contributed by atoms with van der Waals surface area (Å²) in [5.74, 6) is -1.14. The van der Waals surface area contributed by atoms with Gasteiger partial charge in [0.15, 0.2) is 11.6 Å². The van der Waals surface area contributed by atoms with Crippen molar-refractivity contribution in [1.82, 2.24) is 0 Å². The van der Waals surface area contributed by atoms with Crippen molar-refractivity contribution in [3.05, 3.63) is 35.9 Å². The van der Waals surface area contributed by atoms with E-state index in [0.29, 0.717) is 19.8 Å². The lowest BCUT2D eigenvalue weighted by molar-refractivity contribution is -0.174. The summed E-state index contributed by atoms with van der Waals surface area (Å²) in [6, 6.07) is 10.2. The van der Waals surface area contributed by atoms with Crippen molar-refractivity contribution in [1.29, 1.82) is 0 Å². The summed E-state index contributed by atoms with van der Waals surface area (Å²) in [5, 5.41) is 0. The van der Waals surface area contributed by atoms with Gasteiger partial charge in [0.1, 0.15) is 12.2 Å². The van der Waals surface area contributed by atoms with E-state index in [4.69, 9.17) is 23.7 Å². The van der Waals surface area contributed by atoms with Crippen molar-refractivity contribution < 1.29 is 23.7 Å². The first-order valence-corrected chi connectivity index (χ1v) is 9.14. The molecular formula is C20H30O5. The maximum atomic E-state index is 6.10. The number of ether oxygens (including phenoxy) is 5. The minimum absolute atomic E-state index is 0.00201. The maximum absolute atomic E-state index is 6.10. The Morgan fingerprint density at radius 2 is 1.76 bits per heavy atom. The molecule has 0 bridgehead atoms. The van der Waals surface area contributed by atoms with Crippen LogP contribution >= 0.6 is 0 Å². The fraction of sp³-hybridized carbons (Fsp3) is 0.700. The smallest absolute Gasteiger partial charge is 0.163 e. The molecule has 5 nitrogen and oxygen atoms in total. The lowest BCUT2D eigenvalue weighted by atomic mass is 10.0. The van der Waals surface area contributed by atoms with Gasteiger partial charge in [-0.15, -0.1) is 0 Å². The van der Waals surface area contributed by atoms with Gasteiger partial charge in [0.05, 0.1) is 19.3 Å². The van der Waals surface area contributed by atoms with E-state index >= 15 is 0 Å². The summed E-state index contributed by atoms with van der Waals surface area (Å²) in [4.78, 5) is 0. The quantitative estimate of drug-likeness (QED) is 0.703. The zero-order valence-corrected chi connectivity index (χ0v) is 15.7. The molecule has 1 aromatic rings. The van der Waals surface area contributed by atoms with Gasteiger partial charge >= 0.3 is 0 Å². The lowest BCUT2D eigenvalue weighted by Crippen LogP contribution is -2.38. The molecule has 0 radical (unpaired) electrons. The third-order valence-corrected chi connectivity index (χ3v) is 4.51. The number of hydrogen-bond acceptors (Lipinski definition) is 5. The van der Waals surface area contributed by atoms with Crippen LogP contribution in [0, 0.1) is 0 Å². The van der Waals surface area contributed by atoms with Crippen LogP contribution in [0.2, 0.25) is 0 Å². The Labute approximate surface area is 150 Å². The third-order valence-electron chi connectivity index (χ3n) is 4.51. The van der Waals surface area contributed by atoms with Crippen LogP contribution in [0.3, 0.4) is 0 Å². The highest BCUT2D eigenvalue weighted by Crippen LogP contribution is 2.37. The molecule has 0 aliphatic carbocycles. The molecule has 0 N–H and O–H groups in total. The van der Waals surface area contributed by atoms with Crippen LogP contribution in [-0.4, -0.2) is 43.1 Å². The molecule has 140 valence electrons. The molecule has 0 spiro atoms. The number of hydrogen-bond donors (Lipinski definition) is 0. The fourth-order valence-corrected chi connectivity index (χ4v) is 3.43. The molecule has 2 saturated heterocycles. The Morgan fingerprint density at radius 3 is 2.44 bits per heavy atom. The second-order valence-corrected chi connectivity index (χ2v) is 7.69. The van der Waals surface area contributed by atoms with Gasteiger partial charge in [0.2, 0.25) is 0 Å². The Morgan fingerprint density at radius 1 is 1.00 bits per heavy atom. The highest BCUT2D eigenvalue weighted by molar-refractivity contribution is 5.13. The van der Waals surface area contributed by atoms with E-state index in [9.17, 15) is 0 Å². The molecule has 2 aliphatic heterocycles. The zero-order chi connectivity index (χ0) is 17.9. The van der Waals surface area contributed by atoms with E-state index < -0.39 is 11.6 Å². The van der Waals surface area contributed by atoms with Gasteiger partial charge < -0.3 is 23.7 Å². The SMILES string of the molecule is CC1(C)OC[C@H]([C@H]2OC(C)(C)O[C@@H]2CCCOCc2ccccc2)O1. The van der Waals surface area contributed by atoms with Crippen LogP contribution in [0.5, 0.6) is 0 Å². The largest absolute Gasteiger partial charge is 0.377 e. The third kappa shape index (κ3) is 5.25. The van der Waals surface area contributed by atoms with Crippen LogP contribution in [0.25, 0.3) is 0 Å². The number of benzene rings is 1. The first-order chi connectivity index (χ1) is 11.8. The van der Waals surface area contributed by atoms with E-state index in [1.54, 1.807) is 0 Å². The molecule has 0 amide bonds. The van der Waals surface area contributed by atoms with Crippen LogP contribution < -0.4 is 0 Å². The monoisotopic (exact) mass is 350 g/mol. The molecule has 2 heterocycles. The second kappa shape index (κ2) is 7.72. The number of rotatable bonds is 7. The highest BCUT2D eigenvalue weighted by Gasteiger charge is 2.49.